The number of rotatable bonds is 4. The molecule has 9 heteroatoms. The normalized spacial score (nSPS) is 19.3. The van der Waals surface area contributed by atoms with Crippen LogP contribution >= 0.6 is 0 Å². The second-order valence-corrected chi connectivity index (χ2v) is 8.23. The second kappa shape index (κ2) is 8.94. The average Bonchev–Trinajstić information content (AvgIpc) is 3.40. The van der Waals surface area contributed by atoms with Crippen molar-refractivity contribution < 1.29 is 9.18 Å². The lowest BCUT2D eigenvalue weighted by molar-refractivity contribution is -0.136. The number of para-hydroxylation sites is 1. The van der Waals surface area contributed by atoms with Gasteiger partial charge >= 0.3 is 0 Å². The summed E-state index contributed by atoms with van der Waals surface area (Å²) in [6, 6.07) is 10.6. The summed E-state index contributed by atoms with van der Waals surface area (Å²) < 4.78 is 15.8. The van der Waals surface area contributed by atoms with Gasteiger partial charge in [-0.05, 0) is 31.0 Å². The predicted molar refractivity (Wildman–Crippen MR) is 119 cm³/mol. The Bertz CT molecular complexity index is 1070. The summed E-state index contributed by atoms with van der Waals surface area (Å²) in [4.78, 5) is 28.1. The number of amides is 1. The van der Waals surface area contributed by atoms with E-state index in [9.17, 15) is 9.18 Å². The molecule has 2 fully saturated rings. The monoisotopic (exact) mass is 435 g/mol. The van der Waals surface area contributed by atoms with E-state index in [4.69, 9.17) is 0 Å². The number of piperidine rings is 1. The highest BCUT2D eigenvalue weighted by molar-refractivity contribution is 5.80. The van der Waals surface area contributed by atoms with Crippen molar-refractivity contribution in [2.24, 2.45) is 5.92 Å². The molecule has 0 N–H and O–H groups in total. The van der Waals surface area contributed by atoms with Crippen LogP contribution in [0.5, 0.6) is 0 Å². The Morgan fingerprint density at radius 1 is 0.969 bits per heavy atom. The summed E-state index contributed by atoms with van der Waals surface area (Å²) in [7, 11) is 0. The molecule has 1 atom stereocenters. The number of nitrogens with zero attached hydrogens (tertiary/aromatic N) is 7. The van der Waals surface area contributed by atoms with Crippen molar-refractivity contribution in [1.82, 2.24) is 24.6 Å². The van der Waals surface area contributed by atoms with Gasteiger partial charge in [0.05, 0.1) is 11.6 Å². The van der Waals surface area contributed by atoms with Crippen molar-refractivity contribution in [3.8, 4) is 5.82 Å². The van der Waals surface area contributed by atoms with Gasteiger partial charge in [0.15, 0.2) is 5.82 Å². The number of anilines is 2. The Labute approximate surface area is 186 Å². The molecule has 166 valence electrons. The number of carbonyl (C=O) groups is 1. The topological polar surface area (TPSA) is 70.4 Å². The van der Waals surface area contributed by atoms with Gasteiger partial charge in [-0.15, -0.1) is 0 Å². The average molecular weight is 436 g/mol. The molecule has 0 spiro atoms. The maximum absolute atomic E-state index is 14.1. The molecule has 2 saturated heterocycles. The SMILES string of the molecule is O=C(C1CCCN(c2cc(-n3cccn3)ncn2)C1)N1CCN(c2ccccc2F)CC1. The highest BCUT2D eigenvalue weighted by atomic mass is 19.1. The van der Waals surface area contributed by atoms with Crippen LogP contribution in [0.25, 0.3) is 5.82 Å². The molecular formula is C23H26FN7O. The molecule has 4 heterocycles. The van der Waals surface area contributed by atoms with Crippen LogP contribution in [0, 0.1) is 11.7 Å². The van der Waals surface area contributed by atoms with E-state index < -0.39 is 0 Å². The molecule has 0 radical (unpaired) electrons. The second-order valence-electron chi connectivity index (χ2n) is 8.23. The number of halogens is 1. The van der Waals surface area contributed by atoms with Gasteiger partial charge in [0.25, 0.3) is 0 Å². The van der Waals surface area contributed by atoms with Gasteiger partial charge in [-0.1, -0.05) is 12.1 Å². The van der Waals surface area contributed by atoms with E-state index in [0.29, 0.717) is 44.2 Å². The molecule has 3 aromatic rings. The maximum Gasteiger partial charge on any atom is 0.227 e. The van der Waals surface area contributed by atoms with E-state index >= 15 is 0 Å². The fourth-order valence-electron chi connectivity index (χ4n) is 4.56. The smallest absolute Gasteiger partial charge is 0.227 e. The summed E-state index contributed by atoms with van der Waals surface area (Å²) in [5.74, 6) is 1.43. The molecule has 0 aliphatic carbocycles. The quantitative estimate of drug-likeness (QED) is 0.627. The number of hydrogen-bond acceptors (Lipinski definition) is 6. The summed E-state index contributed by atoms with van der Waals surface area (Å²) in [5.41, 5.74) is 0.611. The van der Waals surface area contributed by atoms with Crippen LogP contribution in [0.2, 0.25) is 0 Å². The molecule has 1 unspecified atom stereocenters. The number of piperazine rings is 1. The van der Waals surface area contributed by atoms with Crippen LogP contribution in [0.1, 0.15) is 12.8 Å². The molecule has 8 nitrogen and oxygen atoms in total. The molecule has 2 aliphatic rings. The Kier molecular flexibility index (Phi) is 5.70. The highest BCUT2D eigenvalue weighted by Gasteiger charge is 2.32. The lowest BCUT2D eigenvalue weighted by Crippen LogP contribution is -2.52. The van der Waals surface area contributed by atoms with Crippen LogP contribution < -0.4 is 9.80 Å². The minimum Gasteiger partial charge on any atom is -0.366 e. The van der Waals surface area contributed by atoms with Crippen molar-refractivity contribution in [1.29, 1.82) is 0 Å². The molecule has 1 amide bonds. The standard InChI is InChI=1S/C23H26FN7O/c24-19-6-1-2-7-20(19)28-11-13-29(14-12-28)23(32)18-5-3-9-30(16-18)21-15-22(26-17-25-21)31-10-4-8-27-31/h1-2,4,6-8,10,15,17-18H,3,5,9,11-14,16H2. The molecule has 0 bridgehead atoms. The predicted octanol–water partition coefficient (Wildman–Crippen LogP) is 2.37. The van der Waals surface area contributed by atoms with Crippen LogP contribution in [-0.4, -0.2) is 69.8 Å². The highest BCUT2D eigenvalue weighted by Crippen LogP contribution is 2.25. The number of hydrogen-bond donors (Lipinski definition) is 0. The maximum atomic E-state index is 14.1. The number of benzene rings is 1. The zero-order valence-corrected chi connectivity index (χ0v) is 17.8. The van der Waals surface area contributed by atoms with Gasteiger partial charge in [-0.3, -0.25) is 4.79 Å². The lowest BCUT2D eigenvalue weighted by Gasteiger charge is -2.40. The Morgan fingerprint density at radius 3 is 2.56 bits per heavy atom. The number of aromatic nitrogens is 4. The first-order valence-electron chi connectivity index (χ1n) is 11.0. The van der Waals surface area contributed by atoms with Gasteiger partial charge in [0, 0.05) is 57.7 Å². The van der Waals surface area contributed by atoms with Crippen molar-refractivity contribution in [2.45, 2.75) is 12.8 Å². The summed E-state index contributed by atoms with van der Waals surface area (Å²) in [6.45, 7) is 4.01. The minimum atomic E-state index is -0.213. The number of carbonyl (C=O) groups excluding carboxylic acids is 1. The fraction of sp³-hybridized carbons (Fsp3) is 0.391. The molecule has 32 heavy (non-hydrogen) atoms. The first kappa shape index (κ1) is 20.4. The lowest BCUT2D eigenvalue weighted by atomic mass is 9.96. The van der Waals surface area contributed by atoms with E-state index in [1.54, 1.807) is 29.3 Å². The third kappa shape index (κ3) is 4.15. The van der Waals surface area contributed by atoms with Gasteiger partial charge < -0.3 is 14.7 Å². The van der Waals surface area contributed by atoms with Crippen molar-refractivity contribution in [2.75, 3.05) is 49.1 Å². The van der Waals surface area contributed by atoms with Crippen LogP contribution in [0.3, 0.4) is 0 Å². The van der Waals surface area contributed by atoms with Crippen LogP contribution in [-0.2, 0) is 4.79 Å². The zero-order chi connectivity index (χ0) is 21.9. The van der Waals surface area contributed by atoms with Crippen molar-refractivity contribution in [3.05, 3.63) is 60.9 Å². The summed E-state index contributed by atoms with van der Waals surface area (Å²) in [6.07, 6.45) is 6.91. The molecule has 5 rings (SSSR count). The van der Waals surface area contributed by atoms with Gasteiger partial charge in [-0.2, -0.15) is 5.10 Å². The molecule has 2 aliphatic heterocycles. The van der Waals surface area contributed by atoms with Gasteiger partial charge in [0.2, 0.25) is 5.91 Å². The Balaban J connectivity index is 1.22. The molecular weight excluding hydrogens is 409 g/mol. The van der Waals surface area contributed by atoms with E-state index in [0.717, 1.165) is 25.2 Å². The first-order valence-corrected chi connectivity index (χ1v) is 11.0. The van der Waals surface area contributed by atoms with Crippen LogP contribution in [0.4, 0.5) is 15.9 Å². The molecule has 0 saturated carbocycles. The fourth-order valence-corrected chi connectivity index (χ4v) is 4.56. The minimum absolute atomic E-state index is 0.0631. The van der Waals surface area contributed by atoms with E-state index in [2.05, 4.69) is 20.0 Å². The summed E-state index contributed by atoms with van der Waals surface area (Å²) >= 11 is 0. The van der Waals surface area contributed by atoms with Gasteiger partial charge in [0.1, 0.15) is 18.0 Å². The van der Waals surface area contributed by atoms with E-state index in [1.165, 1.54) is 6.07 Å². The van der Waals surface area contributed by atoms with E-state index in [-0.39, 0.29) is 17.6 Å². The van der Waals surface area contributed by atoms with Crippen molar-refractivity contribution >= 4 is 17.4 Å². The van der Waals surface area contributed by atoms with E-state index in [1.807, 2.05) is 34.2 Å². The molecule has 2 aromatic heterocycles. The van der Waals surface area contributed by atoms with Gasteiger partial charge in [-0.25, -0.2) is 19.0 Å². The summed E-state index contributed by atoms with van der Waals surface area (Å²) in [5, 5.41) is 4.23. The Morgan fingerprint density at radius 2 is 1.78 bits per heavy atom. The first-order chi connectivity index (χ1) is 15.7. The largest absolute Gasteiger partial charge is 0.366 e. The van der Waals surface area contributed by atoms with Crippen LogP contribution in [0.15, 0.2) is 55.1 Å². The molecule has 1 aromatic carbocycles. The third-order valence-electron chi connectivity index (χ3n) is 6.26. The third-order valence-corrected chi connectivity index (χ3v) is 6.26. The van der Waals surface area contributed by atoms with Crippen molar-refractivity contribution in [3.63, 3.8) is 0 Å². The zero-order valence-electron chi connectivity index (χ0n) is 17.8. The Hall–Kier alpha value is -3.49.